The van der Waals surface area contributed by atoms with Crippen LogP contribution in [0.1, 0.15) is 22.8 Å². The van der Waals surface area contributed by atoms with Crippen LogP contribution in [0.15, 0.2) is 12.1 Å². The lowest BCUT2D eigenvalue weighted by molar-refractivity contribution is -0.385. The van der Waals surface area contributed by atoms with Crippen LogP contribution in [0.5, 0.6) is 0 Å². The SMILES string of the molecule is CCN(CC(=O)NC)C(=O)c1cc([N+](=O)[O-])cc(C)c1F. The molecule has 0 fully saturated rings. The second-order valence-corrected chi connectivity index (χ2v) is 4.37. The van der Waals surface area contributed by atoms with Crippen molar-refractivity contribution in [2.75, 3.05) is 20.1 Å². The van der Waals surface area contributed by atoms with Gasteiger partial charge in [-0.15, -0.1) is 0 Å². The number of hydrogen-bond donors (Lipinski definition) is 1. The molecule has 0 radical (unpaired) electrons. The molecule has 0 atom stereocenters. The molecule has 8 heteroatoms. The quantitative estimate of drug-likeness (QED) is 0.654. The van der Waals surface area contributed by atoms with Crippen LogP contribution < -0.4 is 5.32 Å². The molecule has 7 nitrogen and oxygen atoms in total. The van der Waals surface area contributed by atoms with Gasteiger partial charge in [-0.1, -0.05) is 0 Å². The Morgan fingerprint density at radius 1 is 1.43 bits per heavy atom. The molecular formula is C13H16FN3O4. The van der Waals surface area contributed by atoms with E-state index in [4.69, 9.17) is 0 Å². The highest BCUT2D eigenvalue weighted by Gasteiger charge is 2.24. The number of non-ortho nitro benzene ring substituents is 1. The van der Waals surface area contributed by atoms with E-state index in [1.807, 2.05) is 0 Å². The lowest BCUT2D eigenvalue weighted by Crippen LogP contribution is -2.39. The van der Waals surface area contributed by atoms with Gasteiger partial charge in [-0.05, 0) is 19.4 Å². The van der Waals surface area contributed by atoms with Crippen molar-refractivity contribution in [2.45, 2.75) is 13.8 Å². The maximum Gasteiger partial charge on any atom is 0.270 e. The van der Waals surface area contributed by atoms with E-state index in [1.165, 1.54) is 14.0 Å². The first kappa shape index (κ1) is 16.5. The highest BCUT2D eigenvalue weighted by atomic mass is 19.1. The molecule has 0 aliphatic heterocycles. The highest BCUT2D eigenvalue weighted by molar-refractivity contribution is 5.97. The smallest absolute Gasteiger partial charge is 0.270 e. The Morgan fingerprint density at radius 3 is 2.52 bits per heavy atom. The number of carbonyl (C=O) groups is 2. The topological polar surface area (TPSA) is 92.6 Å². The van der Waals surface area contributed by atoms with E-state index < -0.39 is 28.1 Å². The van der Waals surface area contributed by atoms with Crippen molar-refractivity contribution in [1.82, 2.24) is 10.2 Å². The van der Waals surface area contributed by atoms with E-state index in [2.05, 4.69) is 5.32 Å². The summed E-state index contributed by atoms with van der Waals surface area (Å²) in [6.45, 7) is 2.90. The number of hydrogen-bond acceptors (Lipinski definition) is 4. The third-order valence-corrected chi connectivity index (χ3v) is 2.96. The van der Waals surface area contributed by atoms with Crippen molar-refractivity contribution in [1.29, 1.82) is 0 Å². The number of nitrogens with zero attached hydrogens (tertiary/aromatic N) is 2. The summed E-state index contributed by atoms with van der Waals surface area (Å²) in [7, 11) is 1.42. The average Bonchev–Trinajstić information content (AvgIpc) is 2.46. The summed E-state index contributed by atoms with van der Waals surface area (Å²) < 4.78 is 14.0. The van der Waals surface area contributed by atoms with Gasteiger partial charge in [-0.2, -0.15) is 0 Å². The third kappa shape index (κ3) is 3.74. The van der Waals surface area contributed by atoms with E-state index in [9.17, 15) is 24.1 Å². The van der Waals surface area contributed by atoms with Crippen molar-refractivity contribution in [2.24, 2.45) is 0 Å². The minimum atomic E-state index is -0.819. The molecule has 0 saturated carbocycles. The van der Waals surface area contributed by atoms with Gasteiger partial charge in [-0.25, -0.2) is 4.39 Å². The standard InChI is InChI=1S/C13H16FN3O4/c1-4-16(7-11(18)15-3)13(19)10-6-9(17(20)21)5-8(2)12(10)14/h5-6H,4,7H2,1-3H3,(H,15,18). The number of nitrogens with one attached hydrogen (secondary N) is 1. The molecule has 0 saturated heterocycles. The molecule has 21 heavy (non-hydrogen) atoms. The molecular weight excluding hydrogens is 281 g/mol. The fourth-order valence-electron chi connectivity index (χ4n) is 1.76. The van der Waals surface area contributed by atoms with Gasteiger partial charge in [0.25, 0.3) is 11.6 Å². The van der Waals surface area contributed by atoms with Gasteiger partial charge in [0, 0.05) is 25.7 Å². The summed E-state index contributed by atoms with van der Waals surface area (Å²) in [5.41, 5.74) is -0.774. The summed E-state index contributed by atoms with van der Waals surface area (Å²) in [5, 5.41) is 13.2. The Morgan fingerprint density at radius 2 is 2.05 bits per heavy atom. The molecule has 0 bridgehead atoms. The van der Waals surface area contributed by atoms with Gasteiger partial charge in [-0.3, -0.25) is 19.7 Å². The van der Waals surface area contributed by atoms with E-state index in [0.29, 0.717) is 0 Å². The summed E-state index contributed by atoms with van der Waals surface area (Å²) >= 11 is 0. The summed E-state index contributed by atoms with van der Waals surface area (Å²) in [4.78, 5) is 34.8. The molecule has 2 amide bonds. The van der Waals surface area contributed by atoms with Crippen LogP contribution in [0, 0.1) is 22.9 Å². The fourth-order valence-corrected chi connectivity index (χ4v) is 1.76. The van der Waals surface area contributed by atoms with Gasteiger partial charge in [0.05, 0.1) is 17.0 Å². The summed E-state index contributed by atoms with van der Waals surface area (Å²) in [5.74, 6) is -1.99. The zero-order chi connectivity index (χ0) is 16.2. The van der Waals surface area contributed by atoms with Crippen LogP contribution in [0.2, 0.25) is 0 Å². The van der Waals surface area contributed by atoms with Crippen molar-refractivity contribution >= 4 is 17.5 Å². The van der Waals surface area contributed by atoms with Gasteiger partial charge in [0.15, 0.2) is 0 Å². The number of carbonyl (C=O) groups excluding carboxylic acids is 2. The highest BCUT2D eigenvalue weighted by Crippen LogP contribution is 2.22. The van der Waals surface area contributed by atoms with Crippen molar-refractivity contribution in [3.8, 4) is 0 Å². The molecule has 1 aromatic rings. The number of likely N-dealkylation sites (N-methyl/N-ethyl adjacent to an activating group) is 2. The summed E-state index contributed by atoms with van der Waals surface area (Å²) in [6, 6.07) is 1.94. The van der Waals surface area contributed by atoms with Gasteiger partial charge in [0.2, 0.25) is 5.91 Å². The van der Waals surface area contributed by atoms with E-state index in [-0.39, 0.29) is 24.3 Å². The second kappa shape index (κ2) is 6.78. The molecule has 1 aromatic carbocycles. The second-order valence-electron chi connectivity index (χ2n) is 4.37. The lowest BCUT2D eigenvalue weighted by Gasteiger charge is -2.20. The van der Waals surface area contributed by atoms with Gasteiger partial charge >= 0.3 is 0 Å². The first-order valence-electron chi connectivity index (χ1n) is 6.26. The first-order chi connectivity index (χ1) is 9.81. The number of nitro groups is 1. The van der Waals surface area contributed by atoms with Crippen LogP contribution in [-0.2, 0) is 4.79 Å². The molecule has 0 aliphatic rings. The van der Waals surface area contributed by atoms with Gasteiger partial charge in [0.1, 0.15) is 5.82 Å². The Balaban J connectivity index is 3.21. The Bertz CT molecular complexity index is 589. The van der Waals surface area contributed by atoms with Crippen LogP contribution in [0.25, 0.3) is 0 Å². The first-order valence-corrected chi connectivity index (χ1v) is 6.26. The van der Waals surface area contributed by atoms with Gasteiger partial charge < -0.3 is 10.2 Å². The van der Waals surface area contributed by atoms with Crippen LogP contribution in [-0.4, -0.2) is 41.8 Å². The molecule has 1 rings (SSSR count). The number of aryl methyl sites for hydroxylation is 1. The fraction of sp³-hybridized carbons (Fsp3) is 0.385. The molecule has 0 aliphatic carbocycles. The third-order valence-electron chi connectivity index (χ3n) is 2.96. The number of nitro benzene ring substituents is 1. The molecule has 0 heterocycles. The number of rotatable bonds is 5. The monoisotopic (exact) mass is 297 g/mol. The molecule has 1 N–H and O–H groups in total. The number of halogens is 1. The predicted octanol–water partition coefficient (Wildman–Crippen LogP) is 1.25. The maximum absolute atomic E-state index is 14.0. The van der Waals surface area contributed by atoms with Crippen LogP contribution in [0.3, 0.4) is 0 Å². The van der Waals surface area contributed by atoms with Crippen molar-refractivity contribution in [3.05, 3.63) is 39.2 Å². The molecule has 0 spiro atoms. The molecule has 0 aromatic heterocycles. The normalized spacial score (nSPS) is 10.1. The Kier molecular flexibility index (Phi) is 5.34. The average molecular weight is 297 g/mol. The predicted molar refractivity (Wildman–Crippen MR) is 73.4 cm³/mol. The van der Waals surface area contributed by atoms with E-state index in [0.717, 1.165) is 17.0 Å². The molecule has 114 valence electrons. The minimum absolute atomic E-state index is 0.00328. The van der Waals surface area contributed by atoms with Crippen LogP contribution >= 0.6 is 0 Å². The van der Waals surface area contributed by atoms with E-state index >= 15 is 0 Å². The Labute approximate surface area is 120 Å². The zero-order valence-corrected chi connectivity index (χ0v) is 12.0. The zero-order valence-electron chi connectivity index (χ0n) is 12.0. The lowest BCUT2D eigenvalue weighted by atomic mass is 10.1. The van der Waals surface area contributed by atoms with Crippen molar-refractivity contribution < 1.29 is 18.9 Å². The van der Waals surface area contributed by atoms with Crippen molar-refractivity contribution in [3.63, 3.8) is 0 Å². The van der Waals surface area contributed by atoms with Crippen LogP contribution in [0.4, 0.5) is 10.1 Å². The Hall–Kier alpha value is -2.51. The number of amides is 2. The summed E-state index contributed by atoms with van der Waals surface area (Å²) in [6.07, 6.45) is 0. The van der Waals surface area contributed by atoms with E-state index in [1.54, 1.807) is 6.92 Å². The molecule has 0 unspecified atom stereocenters. The minimum Gasteiger partial charge on any atom is -0.358 e. The largest absolute Gasteiger partial charge is 0.358 e. The number of benzene rings is 1. The maximum atomic E-state index is 14.0.